The van der Waals surface area contributed by atoms with Gasteiger partial charge in [-0.05, 0) is 24.7 Å². The Morgan fingerprint density at radius 2 is 1.53 bits per heavy atom. The van der Waals surface area contributed by atoms with Crippen LogP contribution in [-0.4, -0.2) is 21.7 Å². The number of carbonyl (C=O) groups is 1. The van der Waals surface area contributed by atoms with Crippen LogP contribution in [0.1, 0.15) is 53.9 Å². The quantitative estimate of drug-likeness (QED) is 0.353. The van der Waals surface area contributed by atoms with Gasteiger partial charge >= 0.3 is 0 Å². The zero-order valence-electron chi connectivity index (χ0n) is 12.7. The van der Waals surface area contributed by atoms with Crippen LogP contribution in [-0.2, 0) is 4.79 Å². The van der Waals surface area contributed by atoms with Crippen molar-refractivity contribution in [2.45, 2.75) is 53.9 Å². The van der Waals surface area contributed by atoms with E-state index >= 15 is 0 Å². The average Bonchev–Trinajstić information content (AvgIpc) is 2.23. The first-order valence-electron chi connectivity index (χ1n) is 6.91. The number of rotatable bonds is 8. The largest absolute Gasteiger partial charge is 0.481 e. The Morgan fingerprint density at radius 1 is 1.00 bits per heavy atom. The third-order valence-corrected chi connectivity index (χ3v) is 3.01. The van der Waals surface area contributed by atoms with Gasteiger partial charge in [0.2, 0.25) is 0 Å². The molecule has 19 heavy (non-hydrogen) atoms. The van der Waals surface area contributed by atoms with E-state index in [1.54, 1.807) is 6.92 Å². The molecule has 0 aliphatic rings. The van der Waals surface area contributed by atoms with Gasteiger partial charge in [0.1, 0.15) is 5.57 Å². The third kappa shape index (κ3) is 6.41. The highest BCUT2D eigenvalue weighted by Crippen LogP contribution is 2.20. The second kappa shape index (κ2) is 7.97. The van der Waals surface area contributed by atoms with Crippen LogP contribution in [0.15, 0.2) is 11.5 Å². The van der Waals surface area contributed by atoms with Gasteiger partial charge in [-0.3, -0.25) is 4.79 Å². The first-order valence-corrected chi connectivity index (χ1v) is 6.91. The maximum atomic E-state index is 12.2. The number of nitrogens with one attached hydrogen (secondary N) is 1. The molecule has 1 unspecified atom stereocenters. The van der Waals surface area contributed by atoms with Gasteiger partial charge < -0.3 is 15.6 Å². The Morgan fingerprint density at radius 3 is 1.89 bits per heavy atom. The molecule has 4 nitrogen and oxygen atoms in total. The minimum absolute atomic E-state index is 0.0106. The summed E-state index contributed by atoms with van der Waals surface area (Å²) in [6.45, 7) is 9.79. The Labute approximate surface area is 116 Å². The highest BCUT2D eigenvalue weighted by atomic mass is 16.5. The smallest absolute Gasteiger partial charge is 0.287 e. The lowest BCUT2D eigenvalue weighted by molar-refractivity contribution is -0.118. The van der Waals surface area contributed by atoms with Crippen molar-refractivity contribution < 1.29 is 15.0 Å². The topological polar surface area (TPSA) is 81.4 Å². The van der Waals surface area contributed by atoms with E-state index in [0.717, 1.165) is 6.42 Å². The van der Waals surface area contributed by atoms with Crippen LogP contribution in [0.5, 0.6) is 0 Å². The van der Waals surface area contributed by atoms with Crippen molar-refractivity contribution in [1.29, 1.82) is 5.41 Å². The summed E-state index contributed by atoms with van der Waals surface area (Å²) >= 11 is 0. The summed E-state index contributed by atoms with van der Waals surface area (Å²) in [5.41, 5.74) is -0.207. The molecule has 4 heteroatoms. The standard InChI is InChI=1S/C15H27NO3/c1-9(2)6-7-11(5)14(17)13(15(18)19)12(16)8-10(3)4/h9-11,16,18-19H,6-8H2,1-5H3. The second-order valence-electron chi connectivity index (χ2n) is 6.01. The first kappa shape index (κ1) is 17.7. The van der Waals surface area contributed by atoms with Gasteiger partial charge in [0.05, 0.1) is 0 Å². The Kier molecular flexibility index (Phi) is 7.42. The summed E-state index contributed by atoms with van der Waals surface area (Å²) in [6.07, 6.45) is 1.97. The normalized spacial score (nSPS) is 12.6. The molecule has 3 N–H and O–H groups in total. The summed E-state index contributed by atoms with van der Waals surface area (Å²) in [5, 5.41) is 26.4. The van der Waals surface area contributed by atoms with Gasteiger partial charge in [-0.1, -0.05) is 41.0 Å². The van der Waals surface area contributed by atoms with Crippen molar-refractivity contribution in [1.82, 2.24) is 0 Å². The summed E-state index contributed by atoms with van der Waals surface area (Å²) in [5.74, 6) is -0.960. The van der Waals surface area contributed by atoms with Crippen molar-refractivity contribution in [2.24, 2.45) is 17.8 Å². The average molecular weight is 269 g/mol. The lowest BCUT2D eigenvalue weighted by Crippen LogP contribution is -2.22. The van der Waals surface area contributed by atoms with Crippen LogP contribution < -0.4 is 0 Å². The molecule has 0 aliphatic heterocycles. The number of aliphatic hydroxyl groups is 2. The van der Waals surface area contributed by atoms with Crippen molar-refractivity contribution >= 4 is 11.5 Å². The van der Waals surface area contributed by atoms with Crippen molar-refractivity contribution in [3.63, 3.8) is 0 Å². The molecule has 0 heterocycles. The van der Waals surface area contributed by atoms with Crippen molar-refractivity contribution in [3.8, 4) is 0 Å². The number of hydrogen-bond acceptors (Lipinski definition) is 4. The van der Waals surface area contributed by atoms with E-state index in [1.807, 2.05) is 13.8 Å². The molecular weight excluding hydrogens is 242 g/mol. The van der Waals surface area contributed by atoms with Crippen LogP contribution >= 0.6 is 0 Å². The molecule has 0 spiro atoms. The fraction of sp³-hybridized carbons (Fsp3) is 0.733. The highest BCUT2D eigenvalue weighted by Gasteiger charge is 2.25. The maximum absolute atomic E-state index is 12.2. The molecule has 0 amide bonds. The number of hydrogen-bond donors (Lipinski definition) is 3. The number of Topliss-reactive ketones (excluding diaryl/α,β-unsaturated/α-hetero) is 1. The first-order chi connectivity index (χ1) is 8.66. The van der Waals surface area contributed by atoms with Crippen LogP contribution in [0.3, 0.4) is 0 Å². The Bertz CT molecular complexity index is 352. The Hall–Kier alpha value is -1.32. The van der Waals surface area contributed by atoms with E-state index in [2.05, 4.69) is 13.8 Å². The predicted octanol–water partition coefficient (Wildman–Crippen LogP) is 4.02. The van der Waals surface area contributed by atoms with Crippen LogP contribution in [0.4, 0.5) is 0 Å². The molecule has 0 aliphatic carbocycles. The zero-order valence-corrected chi connectivity index (χ0v) is 12.7. The summed E-state index contributed by atoms with van der Waals surface area (Å²) in [6, 6.07) is 0. The fourth-order valence-electron chi connectivity index (χ4n) is 1.87. The summed E-state index contributed by atoms with van der Waals surface area (Å²) < 4.78 is 0. The molecule has 0 bridgehead atoms. The fourth-order valence-corrected chi connectivity index (χ4v) is 1.87. The van der Waals surface area contributed by atoms with Crippen LogP contribution in [0.2, 0.25) is 0 Å². The van der Waals surface area contributed by atoms with Crippen molar-refractivity contribution in [2.75, 3.05) is 0 Å². The van der Waals surface area contributed by atoms with E-state index in [1.165, 1.54) is 0 Å². The van der Waals surface area contributed by atoms with E-state index in [9.17, 15) is 15.0 Å². The second-order valence-corrected chi connectivity index (χ2v) is 6.01. The number of carbonyl (C=O) groups excluding carboxylic acids is 1. The SMILES string of the molecule is CC(C)CCC(C)C(=O)C(C(=N)CC(C)C)=C(O)O. The summed E-state index contributed by atoms with van der Waals surface area (Å²) in [7, 11) is 0. The van der Waals surface area contributed by atoms with Gasteiger partial charge in [-0.15, -0.1) is 0 Å². The molecule has 0 fully saturated rings. The van der Waals surface area contributed by atoms with Crippen molar-refractivity contribution in [3.05, 3.63) is 11.5 Å². The molecule has 110 valence electrons. The Balaban J connectivity index is 4.87. The maximum Gasteiger partial charge on any atom is 0.287 e. The van der Waals surface area contributed by atoms with Gasteiger partial charge in [-0.25, -0.2) is 0 Å². The molecule has 0 radical (unpaired) electrons. The molecule has 0 rings (SSSR count). The number of ketones is 1. The molecule has 1 atom stereocenters. The molecule has 0 saturated carbocycles. The van der Waals surface area contributed by atoms with Gasteiger partial charge in [-0.2, -0.15) is 0 Å². The predicted molar refractivity (Wildman–Crippen MR) is 77.7 cm³/mol. The minimum Gasteiger partial charge on any atom is -0.481 e. The van der Waals surface area contributed by atoms with Crippen LogP contribution in [0.25, 0.3) is 0 Å². The zero-order chi connectivity index (χ0) is 15.2. The minimum atomic E-state index is -1.02. The van der Waals surface area contributed by atoms with E-state index in [4.69, 9.17) is 5.41 Å². The summed E-state index contributed by atoms with van der Waals surface area (Å²) in [4.78, 5) is 12.2. The van der Waals surface area contributed by atoms with Gasteiger partial charge in [0.25, 0.3) is 5.95 Å². The van der Waals surface area contributed by atoms with E-state index < -0.39 is 5.95 Å². The van der Waals surface area contributed by atoms with Crippen LogP contribution in [0, 0.1) is 23.2 Å². The molecule has 0 aromatic heterocycles. The highest BCUT2D eigenvalue weighted by molar-refractivity contribution is 6.21. The van der Waals surface area contributed by atoms with Gasteiger partial charge in [0, 0.05) is 11.6 Å². The monoisotopic (exact) mass is 269 g/mol. The molecular formula is C15H27NO3. The van der Waals surface area contributed by atoms with E-state index in [-0.39, 0.29) is 28.9 Å². The lowest BCUT2D eigenvalue weighted by atomic mass is 9.88. The molecule has 0 aromatic carbocycles. The lowest BCUT2D eigenvalue weighted by Gasteiger charge is -2.15. The van der Waals surface area contributed by atoms with E-state index in [0.29, 0.717) is 18.8 Å². The number of aliphatic hydroxyl groups excluding tert-OH is 1. The van der Waals surface area contributed by atoms with Gasteiger partial charge in [0.15, 0.2) is 5.78 Å². The number of allylic oxidation sites excluding steroid dienone is 1. The molecule has 0 saturated heterocycles. The third-order valence-electron chi connectivity index (χ3n) is 3.01. The molecule has 0 aromatic rings.